The van der Waals surface area contributed by atoms with E-state index in [1.54, 1.807) is 17.0 Å². The Kier molecular flexibility index (Phi) is 4.86. The first-order valence-corrected chi connectivity index (χ1v) is 10.3. The standard InChI is InChI=1S/C18H18ClNO5S/c1-26(24,25)12-6-4-11(5-7-12)15-3-2-8-20(15)18(23)13-9-14(19)17(22)10-16(13)21/h4-7,9-10,15,21-22H,2-3,8H2,1H3/t15-/m1/s1. The molecule has 0 aliphatic carbocycles. The minimum atomic E-state index is -3.28. The molecule has 0 spiro atoms. The Morgan fingerprint density at radius 2 is 1.81 bits per heavy atom. The van der Waals surface area contributed by atoms with Crippen LogP contribution in [0, 0.1) is 0 Å². The van der Waals surface area contributed by atoms with E-state index in [0.29, 0.717) is 6.54 Å². The normalized spacial score (nSPS) is 17.5. The van der Waals surface area contributed by atoms with Crippen LogP contribution in [0.2, 0.25) is 5.02 Å². The van der Waals surface area contributed by atoms with Crippen molar-refractivity contribution in [1.29, 1.82) is 0 Å². The topological polar surface area (TPSA) is 94.9 Å². The van der Waals surface area contributed by atoms with Crippen LogP contribution >= 0.6 is 11.6 Å². The Bertz CT molecular complexity index is 956. The van der Waals surface area contributed by atoms with Gasteiger partial charge in [0.25, 0.3) is 5.91 Å². The number of rotatable bonds is 3. The van der Waals surface area contributed by atoms with Crippen molar-refractivity contribution < 1.29 is 23.4 Å². The highest BCUT2D eigenvalue weighted by Crippen LogP contribution is 2.37. The van der Waals surface area contributed by atoms with Gasteiger partial charge in [-0.05, 0) is 36.6 Å². The Labute approximate surface area is 156 Å². The molecule has 0 saturated carbocycles. The molecule has 2 N–H and O–H groups in total. The Morgan fingerprint density at radius 3 is 2.42 bits per heavy atom. The average molecular weight is 396 g/mol. The Morgan fingerprint density at radius 1 is 1.15 bits per heavy atom. The lowest BCUT2D eigenvalue weighted by Crippen LogP contribution is -2.30. The monoisotopic (exact) mass is 395 g/mol. The summed E-state index contributed by atoms with van der Waals surface area (Å²) in [5.74, 6) is -1.02. The van der Waals surface area contributed by atoms with E-state index < -0.39 is 9.84 Å². The highest BCUT2D eigenvalue weighted by atomic mass is 35.5. The molecular weight excluding hydrogens is 378 g/mol. The number of hydrogen-bond acceptors (Lipinski definition) is 5. The number of phenols is 2. The van der Waals surface area contributed by atoms with Gasteiger partial charge in [-0.15, -0.1) is 0 Å². The number of sulfone groups is 1. The zero-order valence-electron chi connectivity index (χ0n) is 14.0. The van der Waals surface area contributed by atoms with Gasteiger partial charge in [0.15, 0.2) is 9.84 Å². The number of aromatic hydroxyl groups is 2. The third kappa shape index (κ3) is 3.50. The zero-order chi connectivity index (χ0) is 19.1. The molecule has 1 aliphatic rings. The molecule has 0 unspecified atom stereocenters. The van der Waals surface area contributed by atoms with Gasteiger partial charge in [0.1, 0.15) is 11.5 Å². The van der Waals surface area contributed by atoms with Crippen molar-refractivity contribution >= 4 is 27.3 Å². The first-order chi connectivity index (χ1) is 12.2. The van der Waals surface area contributed by atoms with E-state index in [1.807, 2.05) is 0 Å². The fourth-order valence-electron chi connectivity index (χ4n) is 3.17. The van der Waals surface area contributed by atoms with Crippen LogP contribution < -0.4 is 0 Å². The molecule has 2 aromatic carbocycles. The SMILES string of the molecule is CS(=O)(=O)c1ccc([C@H]2CCCN2C(=O)c2cc(Cl)c(O)cc2O)cc1. The first-order valence-electron chi connectivity index (χ1n) is 8.01. The van der Waals surface area contributed by atoms with Gasteiger partial charge >= 0.3 is 0 Å². The van der Waals surface area contributed by atoms with Gasteiger partial charge in [0, 0.05) is 18.9 Å². The molecule has 1 atom stereocenters. The molecule has 0 radical (unpaired) electrons. The van der Waals surface area contributed by atoms with Crippen molar-refractivity contribution in [2.24, 2.45) is 0 Å². The Balaban J connectivity index is 1.91. The number of halogens is 1. The lowest BCUT2D eigenvalue weighted by atomic mass is 10.0. The summed E-state index contributed by atoms with van der Waals surface area (Å²) in [5, 5.41) is 19.5. The molecule has 3 rings (SSSR count). The Hall–Kier alpha value is -2.25. The van der Waals surface area contributed by atoms with Crippen molar-refractivity contribution in [3.63, 3.8) is 0 Å². The maximum atomic E-state index is 12.9. The summed E-state index contributed by atoms with van der Waals surface area (Å²) >= 11 is 5.86. The smallest absolute Gasteiger partial charge is 0.258 e. The fraction of sp³-hybridized carbons (Fsp3) is 0.278. The molecule has 1 amide bonds. The molecule has 1 saturated heterocycles. The summed E-state index contributed by atoms with van der Waals surface area (Å²) in [6.07, 6.45) is 2.66. The van der Waals surface area contributed by atoms with Crippen LogP contribution in [-0.2, 0) is 9.84 Å². The second-order valence-corrected chi connectivity index (χ2v) is 8.74. The molecule has 26 heavy (non-hydrogen) atoms. The third-order valence-electron chi connectivity index (χ3n) is 4.50. The summed E-state index contributed by atoms with van der Waals surface area (Å²) in [6, 6.07) is 8.54. The van der Waals surface area contributed by atoms with Crippen molar-refractivity contribution in [2.45, 2.75) is 23.8 Å². The number of benzene rings is 2. The summed E-state index contributed by atoms with van der Waals surface area (Å²) in [5.41, 5.74) is 0.847. The molecule has 2 aromatic rings. The van der Waals surface area contributed by atoms with Crippen molar-refractivity contribution in [3.05, 3.63) is 52.5 Å². The van der Waals surface area contributed by atoms with Crippen LogP contribution in [0.5, 0.6) is 11.5 Å². The maximum Gasteiger partial charge on any atom is 0.258 e. The third-order valence-corrected chi connectivity index (χ3v) is 5.93. The largest absolute Gasteiger partial charge is 0.507 e. The molecule has 6 nitrogen and oxygen atoms in total. The first kappa shape index (κ1) is 18.5. The van der Waals surface area contributed by atoms with Crippen molar-refractivity contribution in [2.75, 3.05) is 12.8 Å². The molecule has 1 fully saturated rings. The van der Waals surface area contributed by atoms with Crippen molar-refractivity contribution in [1.82, 2.24) is 4.90 Å². The van der Waals surface area contributed by atoms with E-state index >= 15 is 0 Å². The zero-order valence-corrected chi connectivity index (χ0v) is 15.6. The van der Waals surface area contributed by atoms with Gasteiger partial charge < -0.3 is 15.1 Å². The number of phenolic OH excluding ortho intramolecular Hbond substituents is 2. The number of amides is 1. The summed E-state index contributed by atoms with van der Waals surface area (Å²) in [7, 11) is -3.28. The van der Waals surface area contributed by atoms with Gasteiger partial charge in [-0.1, -0.05) is 23.7 Å². The van der Waals surface area contributed by atoms with Crippen LogP contribution in [0.3, 0.4) is 0 Å². The summed E-state index contributed by atoms with van der Waals surface area (Å²) < 4.78 is 23.2. The number of hydrogen-bond donors (Lipinski definition) is 2. The van der Waals surface area contributed by atoms with Gasteiger partial charge in [-0.2, -0.15) is 0 Å². The number of likely N-dealkylation sites (tertiary alicyclic amines) is 1. The summed E-state index contributed by atoms with van der Waals surface area (Å²) in [4.78, 5) is 14.7. The van der Waals surface area contributed by atoms with E-state index in [2.05, 4.69) is 0 Å². The second kappa shape index (κ2) is 6.81. The van der Waals surface area contributed by atoms with E-state index in [1.165, 1.54) is 18.2 Å². The van der Waals surface area contributed by atoms with Gasteiger partial charge in [0.2, 0.25) is 0 Å². The molecule has 0 aromatic heterocycles. The predicted molar refractivity (Wildman–Crippen MR) is 97.3 cm³/mol. The predicted octanol–water partition coefficient (Wildman–Crippen LogP) is 3.13. The molecule has 138 valence electrons. The van der Waals surface area contributed by atoms with Gasteiger partial charge in [-0.25, -0.2) is 8.42 Å². The quantitative estimate of drug-likeness (QED) is 0.832. The van der Waals surface area contributed by atoms with Gasteiger partial charge in [0.05, 0.1) is 21.5 Å². The van der Waals surface area contributed by atoms with E-state index in [4.69, 9.17) is 11.6 Å². The second-order valence-electron chi connectivity index (χ2n) is 6.32. The molecular formula is C18H18ClNO5S. The number of carbonyl (C=O) groups is 1. The maximum absolute atomic E-state index is 12.9. The lowest BCUT2D eigenvalue weighted by Gasteiger charge is -2.25. The van der Waals surface area contributed by atoms with Crippen LogP contribution in [0.25, 0.3) is 0 Å². The van der Waals surface area contributed by atoms with E-state index in [-0.39, 0.29) is 38.9 Å². The fourth-order valence-corrected chi connectivity index (χ4v) is 3.96. The van der Waals surface area contributed by atoms with Crippen LogP contribution in [0.4, 0.5) is 0 Å². The highest BCUT2D eigenvalue weighted by molar-refractivity contribution is 7.90. The van der Waals surface area contributed by atoms with Gasteiger partial charge in [-0.3, -0.25) is 4.79 Å². The van der Waals surface area contributed by atoms with Crippen LogP contribution in [0.1, 0.15) is 34.8 Å². The minimum absolute atomic E-state index is 0.0144. The minimum Gasteiger partial charge on any atom is -0.507 e. The number of carbonyl (C=O) groups excluding carboxylic acids is 1. The van der Waals surface area contributed by atoms with Crippen molar-refractivity contribution in [3.8, 4) is 11.5 Å². The highest BCUT2D eigenvalue weighted by Gasteiger charge is 2.32. The summed E-state index contributed by atoms with van der Waals surface area (Å²) in [6.45, 7) is 0.509. The molecule has 0 bridgehead atoms. The average Bonchev–Trinajstić information content (AvgIpc) is 3.06. The van der Waals surface area contributed by atoms with E-state index in [9.17, 15) is 23.4 Å². The number of nitrogens with zero attached hydrogens (tertiary/aromatic N) is 1. The van der Waals surface area contributed by atoms with Crippen LogP contribution in [0.15, 0.2) is 41.3 Å². The van der Waals surface area contributed by atoms with E-state index in [0.717, 1.165) is 30.7 Å². The van der Waals surface area contributed by atoms with Crippen LogP contribution in [-0.4, -0.2) is 42.2 Å². The lowest BCUT2D eigenvalue weighted by molar-refractivity contribution is 0.0732. The molecule has 8 heteroatoms. The molecule has 1 heterocycles. The molecule has 1 aliphatic heterocycles.